The van der Waals surface area contributed by atoms with Crippen LogP contribution in [-0.2, 0) is 22.3 Å². The number of fused-ring (bicyclic) bond motifs is 1. The van der Waals surface area contributed by atoms with Crippen molar-refractivity contribution in [1.29, 1.82) is 0 Å². The molecular formula is C32H39F2N7O3S. The van der Waals surface area contributed by atoms with Gasteiger partial charge < -0.3 is 10.2 Å². The van der Waals surface area contributed by atoms with Crippen LogP contribution in [0.15, 0.2) is 48.7 Å². The Bertz CT molecular complexity index is 1640. The van der Waals surface area contributed by atoms with Crippen molar-refractivity contribution < 1.29 is 22.0 Å². The summed E-state index contributed by atoms with van der Waals surface area (Å²) in [5.74, 6) is -0.741. The number of amides is 2. The number of hydrogen-bond donors (Lipinski definition) is 2. The second kappa shape index (κ2) is 12.9. The molecule has 0 unspecified atom stereocenters. The van der Waals surface area contributed by atoms with Crippen LogP contribution in [0.2, 0.25) is 0 Å². The number of anilines is 4. The summed E-state index contributed by atoms with van der Waals surface area (Å²) < 4.78 is 56.0. The highest BCUT2D eigenvalue weighted by molar-refractivity contribution is 7.91. The predicted octanol–water partition coefficient (Wildman–Crippen LogP) is 5.87. The van der Waals surface area contributed by atoms with E-state index in [1.807, 2.05) is 13.8 Å². The summed E-state index contributed by atoms with van der Waals surface area (Å²) in [5.41, 5.74) is 1.10. The van der Waals surface area contributed by atoms with Gasteiger partial charge in [0, 0.05) is 35.6 Å². The first-order valence-electron chi connectivity index (χ1n) is 15.6. The van der Waals surface area contributed by atoms with Crippen LogP contribution in [0.25, 0.3) is 0 Å². The molecule has 3 aliphatic rings. The first-order chi connectivity index (χ1) is 21.6. The SMILES string of the molecule is CC(C)N1C(=O)N(c2ccc(NS(=O)(=O)Cc3ccc(F)cc3)c(F)c2)Cc2cnc(NC3CCC(N4CCCC4)CC3)nc21. The number of carbonyl (C=O) groups excluding carboxylic acids is 1. The van der Waals surface area contributed by atoms with Crippen molar-refractivity contribution >= 4 is 39.2 Å². The minimum absolute atomic E-state index is 0.133. The lowest BCUT2D eigenvalue weighted by Gasteiger charge is -2.38. The average Bonchev–Trinajstić information content (AvgIpc) is 3.54. The van der Waals surface area contributed by atoms with Gasteiger partial charge in [0.2, 0.25) is 16.0 Å². The lowest BCUT2D eigenvalue weighted by atomic mass is 9.90. The first-order valence-corrected chi connectivity index (χ1v) is 17.2. The number of hydrogen-bond acceptors (Lipinski definition) is 7. The Morgan fingerprint density at radius 3 is 2.38 bits per heavy atom. The van der Waals surface area contributed by atoms with Crippen molar-refractivity contribution in [2.24, 2.45) is 0 Å². The fourth-order valence-corrected chi connectivity index (χ4v) is 7.75. The quantitative estimate of drug-likeness (QED) is 0.301. The Morgan fingerprint density at radius 1 is 1.00 bits per heavy atom. The van der Waals surface area contributed by atoms with Gasteiger partial charge in [-0.25, -0.2) is 27.0 Å². The topological polar surface area (TPSA) is 111 Å². The summed E-state index contributed by atoms with van der Waals surface area (Å²) in [4.78, 5) is 28.7. The molecule has 10 nitrogen and oxygen atoms in total. The molecule has 0 atom stereocenters. The number of aromatic nitrogens is 2. The van der Waals surface area contributed by atoms with E-state index in [4.69, 9.17) is 4.98 Å². The second-order valence-corrected chi connectivity index (χ2v) is 14.1. The molecule has 13 heteroatoms. The van der Waals surface area contributed by atoms with E-state index in [1.165, 1.54) is 55.1 Å². The van der Waals surface area contributed by atoms with E-state index in [0.717, 1.165) is 49.4 Å². The number of urea groups is 1. The molecule has 1 aromatic heterocycles. The molecule has 2 N–H and O–H groups in total. The molecule has 45 heavy (non-hydrogen) atoms. The van der Waals surface area contributed by atoms with Crippen molar-refractivity contribution in [1.82, 2.24) is 14.9 Å². The molecule has 3 heterocycles. The highest BCUT2D eigenvalue weighted by atomic mass is 32.2. The lowest BCUT2D eigenvalue weighted by Crippen LogP contribution is -2.51. The summed E-state index contributed by atoms with van der Waals surface area (Å²) in [7, 11) is -3.98. The highest BCUT2D eigenvalue weighted by Gasteiger charge is 2.35. The largest absolute Gasteiger partial charge is 0.351 e. The van der Waals surface area contributed by atoms with Gasteiger partial charge in [-0.05, 0) is 101 Å². The van der Waals surface area contributed by atoms with Gasteiger partial charge in [-0.3, -0.25) is 14.5 Å². The Morgan fingerprint density at radius 2 is 1.71 bits per heavy atom. The van der Waals surface area contributed by atoms with Gasteiger partial charge in [-0.1, -0.05) is 12.1 Å². The number of likely N-dealkylation sites (tertiary alicyclic amines) is 1. The van der Waals surface area contributed by atoms with Gasteiger partial charge >= 0.3 is 6.03 Å². The molecule has 0 bridgehead atoms. The Balaban J connectivity index is 1.15. The summed E-state index contributed by atoms with van der Waals surface area (Å²) in [6, 6.07) is 9.30. The summed E-state index contributed by atoms with van der Waals surface area (Å²) in [6.07, 6.45) is 8.71. The molecule has 3 aromatic rings. The molecule has 1 aliphatic carbocycles. The van der Waals surface area contributed by atoms with Crippen LogP contribution in [0.3, 0.4) is 0 Å². The molecule has 2 fully saturated rings. The van der Waals surface area contributed by atoms with Crippen molar-refractivity contribution in [3.8, 4) is 0 Å². The normalized spacial score (nSPS) is 20.9. The third-order valence-electron chi connectivity index (χ3n) is 8.84. The minimum Gasteiger partial charge on any atom is -0.351 e. The van der Waals surface area contributed by atoms with Crippen LogP contribution in [0.4, 0.5) is 36.7 Å². The molecule has 2 amide bonds. The van der Waals surface area contributed by atoms with E-state index in [9.17, 15) is 17.6 Å². The Kier molecular flexibility index (Phi) is 8.91. The molecule has 0 radical (unpaired) electrons. The number of rotatable bonds is 9. The van der Waals surface area contributed by atoms with Gasteiger partial charge in [0.15, 0.2) is 0 Å². The van der Waals surface area contributed by atoms with Crippen LogP contribution >= 0.6 is 0 Å². The van der Waals surface area contributed by atoms with Crippen molar-refractivity contribution in [2.45, 2.75) is 82.8 Å². The summed E-state index contributed by atoms with van der Waals surface area (Å²) in [6.45, 7) is 6.33. The van der Waals surface area contributed by atoms with Gasteiger partial charge in [-0.15, -0.1) is 0 Å². The summed E-state index contributed by atoms with van der Waals surface area (Å²) in [5, 5.41) is 3.49. The number of halogens is 2. The van der Waals surface area contributed by atoms with Crippen molar-refractivity contribution in [2.75, 3.05) is 32.9 Å². The Hall–Kier alpha value is -3.84. The van der Waals surface area contributed by atoms with Gasteiger partial charge in [0.25, 0.3) is 0 Å². The minimum atomic E-state index is -3.98. The molecule has 240 valence electrons. The monoisotopic (exact) mass is 639 g/mol. The van der Waals surface area contributed by atoms with Gasteiger partial charge in [-0.2, -0.15) is 4.98 Å². The standard InChI is InChI=1S/C32H39F2N7O3S/c1-21(2)41-30-23(18-35-31(37-30)36-25-9-11-26(12-10-25)39-15-3-4-16-39)19-40(32(41)42)27-13-14-29(28(34)17-27)38-45(43,44)20-22-5-7-24(33)8-6-22/h5-8,13-14,17-18,21,25-26,38H,3-4,9-12,15-16,19-20H2,1-2H3,(H,35,36,37). The fraction of sp³-hybridized carbons (Fsp3) is 0.469. The van der Waals surface area contributed by atoms with E-state index >= 15 is 4.39 Å². The van der Waals surface area contributed by atoms with Crippen LogP contribution < -0.4 is 19.8 Å². The molecule has 2 aliphatic heterocycles. The predicted molar refractivity (Wildman–Crippen MR) is 171 cm³/mol. The van der Waals surface area contributed by atoms with E-state index < -0.39 is 27.4 Å². The maximum absolute atomic E-state index is 15.2. The number of nitrogens with one attached hydrogen (secondary N) is 2. The van der Waals surface area contributed by atoms with E-state index in [-0.39, 0.29) is 36.0 Å². The smallest absolute Gasteiger partial charge is 0.330 e. The Labute approximate surface area is 262 Å². The number of sulfonamides is 1. The third kappa shape index (κ3) is 7.04. The molecular weight excluding hydrogens is 600 g/mol. The van der Waals surface area contributed by atoms with Crippen LogP contribution in [0, 0.1) is 11.6 Å². The van der Waals surface area contributed by atoms with E-state index in [1.54, 1.807) is 11.1 Å². The maximum atomic E-state index is 15.2. The van der Waals surface area contributed by atoms with Crippen LogP contribution in [-0.4, -0.2) is 60.5 Å². The number of benzene rings is 2. The summed E-state index contributed by atoms with van der Waals surface area (Å²) >= 11 is 0. The van der Waals surface area contributed by atoms with E-state index in [0.29, 0.717) is 23.4 Å². The van der Waals surface area contributed by atoms with Gasteiger partial charge in [0.05, 0.1) is 18.0 Å². The highest BCUT2D eigenvalue weighted by Crippen LogP contribution is 2.34. The number of nitrogens with zero attached hydrogens (tertiary/aromatic N) is 5. The van der Waals surface area contributed by atoms with E-state index in [2.05, 4.69) is 19.9 Å². The van der Waals surface area contributed by atoms with Crippen molar-refractivity contribution in [3.05, 3.63) is 71.4 Å². The number of carbonyl (C=O) groups is 1. The maximum Gasteiger partial charge on any atom is 0.330 e. The molecule has 1 saturated carbocycles. The average molecular weight is 640 g/mol. The zero-order valence-electron chi connectivity index (χ0n) is 25.5. The molecule has 1 saturated heterocycles. The molecule has 6 rings (SSSR count). The zero-order chi connectivity index (χ0) is 31.7. The lowest BCUT2D eigenvalue weighted by molar-refractivity contribution is 0.186. The second-order valence-electron chi connectivity index (χ2n) is 12.4. The third-order valence-corrected chi connectivity index (χ3v) is 10.1. The van der Waals surface area contributed by atoms with Crippen LogP contribution in [0.1, 0.15) is 63.5 Å². The van der Waals surface area contributed by atoms with Crippen LogP contribution in [0.5, 0.6) is 0 Å². The zero-order valence-corrected chi connectivity index (χ0v) is 26.4. The molecule has 0 spiro atoms. The van der Waals surface area contributed by atoms with Crippen molar-refractivity contribution in [3.63, 3.8) is 0 Å². The van der Waals surface area contributed by atoms with Gasteiger partial charge in [0.1, 0.15) is 17.5 Å². The first kappa shape index (κ1) is 31.2. The fourth-order valence-electron chi connectivity index (χ4n) is 6.55. The molecule has 2 aromatic carbocycles.